The zero-order valence-corrected chi connectivity index (χ0v) is 21.6. The van der Waals surface area contributed by atoms with Crippen molar-refractivity contribution in [3.05, 3.63) is 164 Å². The van der Waals surface area contributed by atoms with Gasteiger partial charge in [0.25, 0.3) is 0 Å². The van der Waals surface area contributed by atoms with Gasteiger partial charge in [-0.15, -0.1) is 0 Å². The van der Waals surface area contributed by atoms with E-state index in [0.29, 0.717) is 0 Å². The highest BCUT2D eigenvalue weighted by molar-refractivity contribution is 6.95. The lowest BCUT2D eigenvalue weighted by molar-refractivity contribution is 1.62. The molecule has 6 aromatic carbocycles. The highest BCUT2D eigenvalue weighted by atomic mass is 28.3. The fourth-order valence-corrected chi connectivity index (χ4v) is 7.38. The average Bonchev–Trinajstić information content (AvgIpc) is 3.00. The minimum atomic E-state index is -1.17. The van der Waals surface area contributed by atoms with E-state index in [1.165, 1.54) is 48.9 Å². The summed E-state index contributed by atoms with van der Waals surface area (Å²) in [6.07, 6.45) is 0. The molecule has 0 spiro atoms. The van der Waals surface area contributed by atoms with E-state index in [-0.39, 0.29) is 0 Å². The molecule has 0 bridgehead atoms. The first-order valence-corrected chi connectivity index (χ1v) is 14.2. The van der Waals surface area contributed by atoms with E-state index < -0.39 is 8.80 Å². The normalized spacial score (nSPS) is 10.9. The standard InChI is InChI=1S/C36H27Si/c1-4-10-28(11-5-1)31-16-22-34(23-17-31)37(35-24-18-32(19-25-35)29-12-6-2-7-13-29)36-26-20-33(21-27-36)30-14-8-3-9-15-30/h1-27H. The first-order valence-electron chi connectivity index (χ1n) is 12.7. The second-order valence-corrected chi connectivity index (χ2v) is 11.7. The summed E-state index contributed by atoms with van der Waals surface area (Å²) >= 11 is 0. The van der Waals surface area contributed by atoms with Crippen molar-refractivity contribution >= 4 is 24.4 Å². The number of benzene rings is 6. The van der Waals surface area contributed by atoms with Crippen LogP contribution in [-0.4, -0.2) is 8.80 Å². The maximum atomic E-state index is 2.33. The lowest BCUT2D eigenvalue weighted by atomic mass is 10.1. The molecule has 0 heterocycles. The third-order valence-corrected chi connectivity index (χ3v) is 9.57. The lowest BCUT2D eigenvalue weighted by Crippen LogP contribution is -2.51. The van der Waals surface area contributed by atoms with E-state index >= 15 is 0 Å². The van der Waals surface area contributed by atoms with Gasteiger partial charge in [0.15, 0.2) is 8.80 Å². The molecule has 0 unspecified atom stereocenters. The Morgan fingerprint density at radius 3 is 0.676 bits per heavy atom. The molecule has 1 heteroatoms. The van der Waals surface area contributed by atoms with Gasteiger partial charge in [0.2, 0.25) is 0 Å². The Bertz CT molecular complexity index is 1360. The highest BCUT2D eigenvalue weighted by Gasteiger charge is 2.20. The maximum absolute atomic E-state index is 2.33. The van der Waals surface area contributed by atoms with Gasteiger partial charge in [0.1, 0.15) is 0 Å². The first kappa shape index (κ1) is 23.0. The Hall–Kier alpha value is -4.46. The number of hydrogen-bond acceptors (Lipinski definition) is 0. The molecule has 0 aliphatic heterocycles. The van der Waals surface area contributed by atoms with Crippen LogP contribution in [-0.2, 0) is 0 Å². The van der Waals surface area contributed by atoms with Crippen LogP contribution in [0.15, 0.2) is 164 Å². The highest BCUT2D eigenvalue weighted by Crippen LogP contribution is 2.20. The van der Waals surface area contributed by atoms with Gasteiger partial charge in [-0.3, -0.25) is 0 Å². The minimum Gasteiger partial charge on any atom is -0.0622 e. The summed E-state index contributed by atoms with van der Waals surface area (Å²) in [5.74, 6) is 0. The van der Waals surface area contributed by atoms with Crippen LogP contribution >= 0.6 is 0 Å². The fourth-order valence-electron chi connectivity index (χ4n) is 4.88. The maximum Gasteiger partial charge on any atom is 0.154 e. The molecule has 0 N–H and O–H groups in total. The quantitative estimate of drug-likeness (QED) is 0.172. The van der Waals surface area contributed by atoms with Gasteiger partial charge in [-0.05, 0) is 33.4 Å². The van der Waals surface area contributed by atoms with Crippen molar-refractivity contribution in [1.82, 2.24) is 0 Å². The summed E-state index contributed by atoms with van der Waals surface area (Å²) in [6.45, 7) is 0. The average molecular weight is 488 g/mol. The van der Waals surface area contributed by atoms with E-state index in [1.807, 2.05) is 0 Å². The van der Waals surface area contributed by atoms with Crippen LogP contribution in [0.25, 0.3) is 33.4 Å². The molecular formula is C36H27Si. The van der Waals surface area contributed by atoms with E-state index in [1.54, 1.807) is 0 Å². The molecule has 0 aliphatic rings. The van der Waals surface area contributed by atoms with Gasteiger partial charge in [-0.25, -0.2) is 0 Å². The van der Waals surface area contributed by atoms with Crippen molar-refractivity contribution in [3.8, 4) is 33.4 Å². The summed E-state index contributed by atoms with van der Waals surface area (Å²) < 4.78 is 0. The van der Waals surface area contributed by atoms with Crippen molar-refractivity contribution in [1.29, 1.82) is 0 Å². The summed E-state index contributed by atoms with van der Waals surface area (Å²) in [5, 5.41) is 4.18. The largest absolute Gasteiger partial charge is 0.154 e. The summed E-state index contributed by atoms with van der Waals surface area (Å²) in [6, 6.07) is 59.4. The van der Waals surface area contributed by atoms with E-state index in [4.69, 9.17) is 0 Å². The van der Waals surface area contributed by atoms with Crippen LogP contribution in [0.3, 0.4) is 0 Å². The molecule has 6 aromatic rings. The molecule has 0 amide bonds. The molecule has 37 heavy (non-hydrogen) atoms. The predicted molar refractivity (Wildman–Crippen MR) is 160 cm³/mol. The summed E-state index contributed by atoms with van der Waals surface area (Å²) in [5.41, 5.74) is 7.52. The Labute approximate surface area is 221 Å². The van der Waals surface area contributed by atoms with Crippen molar-refractivity contribution in [2.24, 2.45) is 0 Å². The van der Waals surface area contributed by atoms with Gasteiger partial charge in [-0.1, -0.05) is 179 Å². The topological polar surface area (TPSA) is 0 Å². The van der Waals surface area contributed by atoms with Gasteiger partial charge in [0, 0.05) is 0 Å². The van der Waals surface area contributed by atoms with Gasteiger partial charge in [0.05, 0.1) is 0 Å². The van der Waals surface area contributed by atoms with Gasteiger partial charge < -0.3 is 0 Å². The van der Waals surface area contributed by atoms with Crippen LogP contribution in [0.4, 0.5) is 0 Å². The van der Waals surface area contributed by atoms with E-state index in [0.717, 1.165) is 0 Å². The van der Waals surface area contributed by atoms with Crippen molar-refractivity contribution in [2.45, 2.75) is 0 Å². The number of rotatable bonds is 6. The SMILES string of the molecule is c1ccc(-c2ccc([Si](c3ccc(-c4ccccc4)cc3)c3ccc(-c4ccccc4)cc3)cc2)cc1. The van der Waals surface area contributed by atoms with Crippen molar-refractivity contribution in [2.75, 3.05) is 0 Å². The zero-order valence-electron chi connectivity index (χ0n) is 20.6. The molecule has 0 aliphatic carbocycles. The zero-order chi connectivity index (χ0) is 24.9. The molecule has 0 saturated heterocycles. The molecule has 0 saturated carbocycles. The molecule has 0 atom stereocenters. The molecular weight excluding hydrogens is 460 g/mol. The van der Waals surface area contributed by atoms with Crippen LogP contribution in [0.2, 0.25) is 0 Å². The smallest absolute Gasteiger partial charge is 0.0622 e. The van der Waals surface area contributed by atoms with Gasteiger partial charge >= 0.3 is 0 Å². The van der Waals surface area contributed by atoms with E-state index in [9.17, 15) is 0 Å². The minimum absolute atomic E-state index is 1.17. The first-order chi connectivity index (χ1) is 18.3. The molecule has 175 valence electrons. The Morgan fingerprint density at radius 1 is 0.216 bits per heavy atom. The van der Waals surface area contributed by atoms with E-state index in [2.05, 4.69) is 164 Å². The monoisotopic (exact) mass is 487 g/mol. The molecule has 6 rings (SSSR count). The Morgan fingerprint density at radius 2 is 0.432 bits per heavy atom. The fraction of sp³-hybridized carbons (Fsp3) is 0. The molecule has 0 fully saturated rings. The van der Waals surface area contributed by atoms with Crippen molar-refractivity contribution < 1.29 is 0 Å². The van der Waals surface area contributed by atoms with Crippen LogP contribution in [0.1, 0.15) is 0 Å². The third-order valence-electron chi connectivity index (χ3n) is 6.84. The van der Waals surface area contributed by atoms with Crippen LogP contribution in [0.5, 0.6) is 0 Å². The molecule has 0 aromatic heterocycles. The van der Waals surface area contributed by atoms with Crippen LogP contribution < -0.4 is 15.6 Å². The summed E-state index contributed by atoms with van der Waals surface area (Å²) in [4.78, 5) is 0. The van der Waals surface area contributed by atoms with Crippen LogP contribution in [0, 0.1) is 0 Å². The predicted octanol–water partition coefficient (Wildman–Crippen LogP) is 7.20. The second kappa shape index (κ2) is 10.7. The molecule has 0 nitrogen and oxygen atoms in total. The third kappa shape index (κ3) is 5.09. The second-order valence-electron chi connectivity index (χ2n) is 9.21. The Balaban J connectivity index is 1.38. The lowest BCUT2D eigenvalue weighted by Gasteiger charge is -2.18. The molecule has 1 radical (unpaired) electrons. The number of hydrogen-bond donors (Lipinski definition) is 0. The van der Waals surface area contributed by atoms with Gasteiger partial charge in [-0.2, -0.15) is 0 Å². The van der Waals surface area contributed by atoms with Crippen molar-refractivity contribution in [3.63, 3.8) is 0 Å². The Kier molecular flexibility index (Phi) is 6.61. The summed E-state index contributed by atoms with van der Waals surface area (Å²) in [7, 11) is -1.17.